The van der Waals surface area contributed by atoms with Gasteiger partial charge in [0.2, 0.25) is 0 Å². The molecule has 1 aliphatic rings. The molecule has 0 aromatic carbocycles. The first-order valence-corrected chi connectivity index (χ1v) is 6.20. The monoisotopic (exact) mass is 223 g/mol. The molecule has 1 aromatic heterocycles. The van der Waals surface area contributed by atoms with Crippen LogP contribution < -0.4 is 5.32 Å². The number of hydrogen-bond acceptors (Lipinski definition) is 4. The molecule has 1 aliphatic heterocycles. The Hall–Kier alpha value is -0.940. The smallest absolute Gasteiger partial charge is 0.141 e. The molecule has 0 radical (unpaired) electrons. The summed E-state index contributed by atoms with van der Waals surface area (Å²) in [6.07, 6.45) is 4.00. The number of aryl methyl sites for hydroxylation is 1. The fourth-order valence-corrected chi connectivity index (χ4v) is 2.07. The largest absolute Gasteiger partial charge is 0.315 e. The van der Waals surface area contributed by atoms with Gasteiger partial charge < -0.3 is 5.32 Å². The Morgan fingerprint density at radius 2 is 2.31 bits per heavy atom. The Labute approximate surface area is 96.8 Å². The van der Waals surface area contributed by atoms with Crippen LogP contribution in [0.2, 0.25) is 0 Å². The van der Waals surface area contributed by atoms with Crippen molar-refractivity contribution in [1.82, 2.24) is 25.0 Å². The van der Waals surface area contributed by atoms with E-state index >= 15 is 0 Å². The maximum absolute atomic E-state index is 4.35. The minimum Gasteiger partial charge on any atom is -0.315 e. The Kier molecular flexibility index (Phi) is 4.30. The Morgan fingerprint density at radius 1 is 1.38 bits per heavy atom. The normalized spacial score (nSPS) is 18.6. The predicted molar refractivity (Wildman–Crippen MR) is 63.1 cm³/mol. The molecule has 0 amide bonds. The van der Waals surface area contributed by atoms with Crippen molar-refractivity contribution in [3.05, 3.63) is 12.2 Å². The van der Waals surface area contributed by atoms with E-state index in [0.717, 1.165) is 51.5 Å². The van der Waals surface area contributed by atoms with Crippen LogP contribution >= 0.6 is 0 Å². The molecule has 0 spiro atoms. The second kappa shape index (κ2) is 5.96. The summed E-state index contributed by atoms with van der Waals surface area (Å²) in [4.78, 5) is 6.80. The van der Waals surface area contributed by atoms with Gasteiger partial charge in [-0.3, -0.25) is 4.90 Å². The third-order valence-corrected chi connectivity index (χ3v) is 2.93. The summed E-state index contributed by atoms with van der Waals surface area (Å²) in [5.74, 6) is 1.10. The van der Waals surface area contributed by atoms with E-state index in [-0.39, 0.29) is 0 Å². The summed E-state index contributed by atoms with van der Waals surface area (Å²) in [6, 6.07) is 0. The molecular formula is C11H21N5. The molecular weight excluding hydrogens is 202 g/mol. The van der Waals surface area contributed by atoms with E-state index in [1.54, 1.807) is 6.33 Å². The minimum absolute atomic E-state index is 0.932. The van der Waals surface area contributed by atoms with Crippen molar-refractivity contribution in [2.45, 2.75) is 32.9 Å². The van der Waals surface area contributed by atoms with Crippen LogP contribution in [0.1, 0.15) is 25.6 Å². The lowest BCUT2D eigenvalue weighted by molar-refractivity contribution is 0.270. The third-order valence-electron chi connectivity index (χ3n) is 2.93. The standard InChI is InChI=1S/C11H21N5/c1-2-6-16-11(13-10-14-16)9-15-7-3-4-12-5-8-15/h10,12H,2-9H2,1H3. The van der Waals surface area contributed by atoms with Crippen LogP contribution in [0.5, 0.6) is 0 Å². The number of nitrogens with one attached hydrogen (secondary N) is 1. The average molecular weight is 223 g/mol. The predicted octanol–water partition coefficient (Wildman–Crippen LogP) is 0.483. The first-order chi connectivity index (χ1) is 7.90. The quantitative estimate of drug-likeness (QED) is 0.806. The molecule has 2 rings (SSSR count). The average Bonchev–Trinajstić information content (AvgIpc) is 2.56. The van der Waals surface area contributed by atoms with Crippen molar-refractivity contribution < 1.29 is 0 Å². The number of aromatic nitrogens is 3. The molecule has 0 bridgehead atoms. The molecule has 0 atom stereocenters. The van der Waals surface area contributed by atoms with Crippen molar-refractivity contribution in [3.8, 4) is 0 Å². The summed E-state index contributed by atoms with van der Waals surface area (Å²) in [6.45, 7) is 8.56. The summed E-state index contributed by atoms with van der Waals surface area (Å²) in [7, 11) is 0. The lowest BCUT2D eigenvalue weighted by atomic mass is 10.4. The number of rotatable bonds is 4. The van der Waals surface area contributed by atoms with Gasteiger partial charge in [-0.15, -0.1) is 0 Å². The van der Waals surface area contributed by atoms with Gasteiger partial charge in [-0.05, 0) is 25.9 Å². The Bertz CT molecular complexity index is 301. The minimum atomic E-state index is 0.932. The van der Waals surface area contributed by atoms with Crippen LogP contribution in [0.25, 0.3) is 0 Å². The summed E-state index contributed by atoms with van der Waals surface area (Å²) in [5.41, 5.74) is 0. The fourth-order valence-electron chi connectivity index (χ4n) is 2.07. The van der Waals surface area contributed by atoms with Gasteiger partial charge in [-0.25, -0.2) is 9.67 Å². The van der Waals surface area contributed by atoms with Crippen LogP contribution in [0, 0.1) is 0 Å². The highest BCUT2D eigenvalue weighted by atomic mass is 15.3. The molecule has 0 unspecified atom stereocenters. The summed E-state index contributed by atoms with van der Waals surface area (Å²) >= 11 is 0. The van der Waals surface area contributed by atoms with Crippen LogP contribution in [0.15, 0.2) is 6.33 Å². The lowest BCUT2D eigenvalue weighted by Crippen LogP contribution is -2.29. The van der Waals surface area contributed by atoms with Gasteiger partial charge in [0, 0.05) is 19.6 Å². The van der Waals surface area contributed by atoms with Crippen molar-refractivity contribution >= 4 is 0 Å². The van der Waals surface area contributed by atoms with Gasteiger partial charge in [-0.2, -0.15) is 5.10 Å². The molecule has 1 N–H and O–H groups in total. The molecule has 90 valence electrons. The maximum Gasteiger partial charge on any atom is 0.141 e. The molecule has 0 saturated carbocycles. The second-order valence-corrected chi connectivity index (χ2v) is 4.28. The summed E-state index contributed by atoms with van der Waals surface area (Å²) < 4.78 is 2.03. The van der Waals surface area contributed by atoms with Gasteiger partial charge in [0.25, 0.3) is 0 Å². The Balaban J connectivity index is 1.93. The van der Waals surface area contributed by atoms with Crippen LogP contribution in [-0.4, -0.2) is 45.8 Å². The SMILES string of the molecule is CCCn1ncnc1CN1CCCNCC1. The van der Waals surface area contributed by atoms with Gasteiger partial charge in [0.1, 0.15) is 12.2 Å². The molecule has 2 heterocycles. The highest BCUT2D eigenvalue weighted by Crippen LogP contribution is 2.04. The fraction of sp³-hybridized carbons (Fsp3) is 0.818. The second-order valence-electron chi connectivity index (χ2n) is 4.28. The van der Waals surface area contributed by atoms with E-state index in [1.165, 1.54) is 6.42 Å². The number of nitrogens with zero attached hydrogens (tertiary/aromatic N) is 4. The topological polar surface area (TPSA) is 46.0 Å². The van der Waals surface area contributed by atoms with Crippen LogP contribution in [0.4, 0.5) is 0 Å². The van der Waals surface area contributed by atoms with Crippen LogP contribution in [-0.2, 0) is 13.1 Å². The van der Waals surface area contributed by atoms with E-state index in [9.17, 15) is 0 Å². The highest BCUT2D eigenvalue weighted by Gasteiger charge is 2.12. The molecule has 1 saturated heterocycles. The van der Waals surface area contributed by atoms with E-state index in [0.29, 0.717) is 0 Å². The zero-order chi connectivity index (χ0) is 11.2. The molecule has 1 fully saturated rings. The van der Waals surface area contributed by atoms with Gasteiger partial charge in [0.15, 0.2) is 0 Å². The van der Waals surface area contributed by atoms with Crippen molar-refractivity contribution in [3.63, 3.8) is 0 Å². The first-order valence-electron chi connectivity index (χ1n) is 6.20. The van der Waals surface area contributed by atoms with E-state index in [4.69, 9.17) is 0 Å². The zero-order valence-electron chi connectivity index (χ0n) is 10.0. The van der Waals surface area contributed by atoms with Gasteiger partial charge >= 0.3 is 0 Å². The molecule has 0 aliphatic carbocycles. The van der Waals surface area contributed by atoms with Crippen molar-refractivity contribution in [2.75, 3.05) is 26.2 Å². The van der Waals surface area contributed by atoms with Gasteiger partial charge in [-0.1, -0.05) is 6.92 Å². The van der Waals surface area contributed by atoms with E-state index in [1.807, 2.05) is 4.68 Å². The maximum atomic E-state index is 4.35. The molecule has 5 nitrogen and oxygen atoms in total. The van der Waals surface area contributed by atoms with Gasteiger partial charge in [0.05, 0.1) is 6.54 Å². The first kappa shape index (κ1) is 11.5. The zero-order valence-corrected chi connectivity index (χ0v) is 10.0. The Morgan fingerprint density at radius 3 is 3.19 bits per heavy atom. The molecule has 5 heteroatoms. The lowest BCUT2D eigenvalue weighted by Gasteiger charge is -2.18. The van der Waals surface area contributed by atoms with E-state index in [2.05, 4.69) is 27.2 Å². The van der Waals surface area contributed by atoms with Crippen LogP contribution in [0.3, 0.4) is 0 Å². The van der Waals surface area contributed by atoms with Crippen molar-refractivity contribution in [1.29, 1.82) is 0 Å². The number of hydrogen-bond donors (Lipinski definition) is 1. The summed E-state index contributed by atoms with van der Waals surface area (Å²) in [5, 5.41) is 7.67. The van der Waals surface area contributed by atoms with E-state index < -0.39 is 0 Å². The molecule has 1 aromatic rings. The highest BCUT2D eigenvalue weighted by molar-refractivity contribution is 4.85. The molecule has 16 heavy (non-hydrogen) atoms. The third kappa shape index (κ3) is 3.02. The van der Waals surface area contributed by atoms with Crippen molar-refractivity contribution in [2.24, 2.45) is 0 Å².